The molecular formula is C17H17F2N5O. The van der Waals surface area contributed by atoms with Crippen LogP contribution in [-0.4, -0.2) is 26.4 Å². The van der Waals surface area contributed by atoms with Crippen molar-refractivity contribution in [1.29, 1.82) is 0 Å². The Balaban J connectivity index is 1.51. The normalized spacial score (nSPS) is 15.5. The molecule has 3 aromatic rings. The molecule has 2 heterocycles. The number of fused-ring (bicyclic) bond motifs is 1. The van der Waals surface area contributed by atoms with Gasteiger partial charge in [0.25, 0.3) is 0 Å². The SMILES string of the molecule is CC(Nc1ccc2nnc(C3CC3)n2n1)c1ccc(OC(F)F)cc1. The zero-order chi connectivity index (χ0) is 17.4. The van der Waals surface area contributed by atoms with Crippen molar-refractivity contribution in [3.63, 3.8) is 0 Å². The molecule has 0 radical (unpaired) electrons. The fraction of sp³-hybridized carbons (Fsp3) is 0.353. The zero-order valence-electron chi connectivity index (χ0n) is 13.6. The van der Waals surface area contributed by atoms with Crippen LogP contribution in [0.3, 0.4) is 0 Å². The van der Waals surface area contributed by atoms with Crippen molar-refractivity contribution in [1.82, 2.24) is 19.8 Å². The molecule has 0 amide bonds. The van der Waals surface area contributed by atoms with Crippen LogP contribution in [0.2, 0.25) is 0 Å². The van der Waals surface area contributed by atoms with Gasteiger partial charge in [0.05, 0.1) is 6.04 Å². The van der Waals surface area contributed by atoms with E-state index in [0.29, 0.717) is 11.7 Å². The van der Waals surface area contributed by atoms with Gasteiger partial charge >= 0.3 is 6.61 Å². The highest BCUT2D eigenvalue weighted by Gasteiger charge is 2.29. The molecule has 1 unspecified atom stereocenters. The molecule has 4 rings (SSSR count). The molecule has 25 heavy (non-hydrogen) atoms. The summed E-state index contributed by atoms with van der Waals surface area (Å²) in [5, 5.41) is 16.2. The third-order valence-corrected chi connectivity index (χ3v) is 4.20. The minimum atomic E-state index is -2.82. The molecule has 2 aromatic heterocycles. The topological polar surface area (TPSA) is 64.3 Å². The lowest BCUT2D eigenvalue weighted by atomic mass is 10.1. The number of nitrogens with one attached hydrogen (secondary N) is 1. The third-order valence-electron chi connectivity index (χ3n) is 4.20. The molecule has 1 atom stereocenters. The highest BCUT2D eigenvalue weighted by molar-refractivity contribution is 5.46. The number of aromatic nitrogens is 4. The number of halogens is 2. The van der Waals surface area contributed by atoms with Crippen LogP contribution in [0.1, 0.15) is 43.1 Å². The van der Waals surface area contributed by atoms with E-state index in [1.165, 1.54) is 12.1 Å². The Hall–Kier alpha value is -2.77. The zero-order valence-corrected chi connectivity index (χ0v) is 13.6. The first-order chi connectivity index (χ1) is 12.1. The fourth-order valence-electron chi connectivity index (χ4n) is 2.72. The molecule has 1 fully saturated rings. The number of hydrogen-bond donors (Lipinski definition) is 1. The molecule has 1 aromatic carbocycles. The average molecular weight is 345 g/mol. The van der Waals surface area contributed by atoms with E-state index in [0.717, 1.165) is 29.9 Å². The summed E-state index contributed by atoms with van der Waals surface area (Å²) in [6.45, 7) is -0.843. The Kier molecular flexibility index (Phi) is 3.95. The van der Waals surface area contributed by atoms with E-state index in [9.17, 15) is 8.78 Å². The van der Waals surface area contributed by atoms with Gasteiger partial charge in [0.2, 0.25) is 0 Å². The van der Waals surface area contributed by atoms with Gasteiger partial charge in [-0.15, -0.1) is 15.3 Å². The van der Waals surface area contributed by atoms with E-state index in [1.807, 2.05) is 19.1 Å². The maximum atomic E-state index is 12.2. The molecule has 1 aliphatic carbocycles. The molecule has 130 valence electrons. The lowest BCUT2D eigenvalue weighted by Gasteiger charge is -2.15. The number of benzene rings is 1. The second-order valence-corrected chi connectivity index (χ2v) is 6.13. The van der Waals surface area contributed by atoms with Gasteiger partial charge in [0.15, 0.2) is 11.5 Å². The van der Waals surface area contributed by atoms with Crippen LogP contribution in [-0.2, 0) is 0 Å². The minimum absolute atomic E-state index is 0.0496. The van der Waals surface area contributed by atoms with Gasteiger partial charge in [-0.1, -0.05) is 12.1 Å². The molecule has 0 spiro atoms. The maximum absolute atomic E-state index is 12.2. The highest BCUT2D eigenvalue weighted by Crippen LogP contribution is 2.38. The molecule has 1 aliphatic rings. The van der Waals surface area contributed by atoms with Gasteiger partial charge in [-0.05, 0) is 49.6 Å². The Morgan fingerprint density at radius 3 is 2.56 bits per heavy atom. The van der Waals surface area contributed by atoms with Gasteiger partial charge in [0, 0.05) is 5.92 Å². The molecular weight excluding hydrogens is 328 g/mol. The smallest absolute Gasteiger partial charge is 0.387 e. The summed E-state index contributed by atoms with van der Waals surface area (Å²) in [7, 11) is 0. The lowest BCUT2D eigenvalue weighted by Crippen LogP contribution is -2.10. The number of anilines is 1. The number of ether oxygens (including phenoxy) is 1. The third kappa shape index (κ3) is 3.38. The van der Waals surface area contributed by atoms with Gasteiger partial charge in [-0.25, -0.2) is 0 Å². The summed E-state index contributed by atoms with van der Waals surface area (Å²) in [4.78, 5) is 0. The van der Waals surface area contributed by atoms with Crippen molar-refractivity contribution < 1.29 is 13.5 Å². The number of rotatable bonds is 6. The molecule has 1 saturated carbocycles. The molecule has 8 heteroatoms. The average Bonchev–Trinajstić information content (AvgIpc) is 3.34. The number of alkyl halides is 2. The lowest BCUT2D eigenvalue weighted by molar-refractivity contribution is -0.0498. The number of hydrogen-bond acceptors (Lipinski definition) is 5. The predicted octanol–water partition coefficient (Wildman–Crippen LogP) is 3.78. The summed E-state index contributed by atoms with van der Waals surface area (Å²) in [5.41, 5.74) is 1.67. The molecule has 0 saturated heterocycles. The van der Waals surface area contributed by atoms with Crippen molar-refractivity contribution >= 4 is 11.5 Å². The largest absolute Gasteiger partial charge is 0.435 e. The summed E-state index contributed by atoms with van der Waals surface area (Å²) in [6.07, 6.45) is 2.26. The van der Waals surface area contributed by atoms with Crippen LogP contribution in [0.4, 0.5) is 14.6 Å². The molecule has 0 bridgehead atoms. The standard InChI is InChI=1S/C17H17F2N5O/c1-10(11-4-6-13(7-5-11)25-17(18)19)20-14-8-9-15-21-22-16(12-2-3-12)24(15)23-14/h4-10,12,17H,2-3H2,1H3,(H,20,23). The summed E-state index contributed by atoms with van der Waals surface area (Å²) < 4.78 is 30.6. The summed E-state index contributed by atoms with van der Waals surface area (Å²) in [6, 6.07) is 10.2. The van der Waals surface area contributed by atoms with E-state index >= 15 is 0 Å². The van der Waals surface area contributed by atoms with Crippen molar-refractivity contribution in [2.45, 2.75) is 38.3 Å². The van der Waals surface area contributed by atoms with Crippen molar-refractivity contribution in [3.8, 4) is 5.75 Å². The summed E-state index contributed by atoms with van der Waals surface area (Å²) in [5.74, 6) is 2.20. The minimum Gasteiger partial charge on any atom is -0.435 e. The van der Waals surface area contributed by atoms with Crippen LogP contribution in [0.15, 0.2) is 36.4 Å². The molecule has 6 nitrogen and oxygen atoms in total. The van der Waals surface area contributed by atoms with E-state index < -0.39 is 6.61 Å². The quantitative estimate of drug-likeness (QED) is 0.737. The van der Waals surface area contributed by atoms with Gasteiger partial charge in [-0.3, -0.25) is 0 Å². The van der Waals surface area contributed by atoms with E-state index in [2.05, 4.69) is 25.3 Å². The van der Waals surface area contributed by atoms with E-state index in [4.69, 9.17) is 0 Å². The second kappa shape index (κ2) is 6.27. The Morgan fingerprint density at radius 2 is 1.88 bits per heavy atom. The van der Waals surface area contributed by atoms with E-state index in [-0.39, 0.29) is 11.8 Å². The van der Waals surface area contributed by atoms with Crippen molar-refractivity contribution in [2.24, 2.45) is 0 Å². The van der Waals surface area contributed by atoms with Crippen LogP contribution in [0.25, 0.3) is 5.65 Å². The fourth-order valence-corrected chi connectivity index (χ4v) is 2.72. The Bertz CT molecular complexity index is 876. The monoisotopic (exact) mass is 345 g/mol. The predicted molar refractivity (Wildman–Crippen MR) is 87.9 cm³/mol. The van der Waals surface area contributed by atoms with Gasteiger partial charge in [0.1, 0.15) is 11.6 Å². The highest BCUT2D eigenvalue weighted by atomic mass is 19.3. The first-order valence-electron chi connectivity index (χ1n) is 8.14. The molecule has 0 aliphatic heterocycles. The Morgan fingerprint density at radius 1 is 1.12 bits per heavy atom. The molecule has 1 N–H and O–H groups in total. The van der Waals surface area contributed by atoms with E-state index in [1.54, 1.807) is 16.6 Å². The first kappa shape index (κ1) is 15.7. The van der Waals surface area contributed by atoms with Gasteiger partial charge in [-0.2, -0.15) is 13.3 Å². The van der Waals surface area contributed by atoms with Crippen molar-refractivity contribution in [2.75, 3.05) is 5.32 Å². The van der Waals surface area contributed by atoms with Crippen molar-refractivity contribution in [3.05, 3.63) is 47.8 Å². The van der Waals surface area contributed by atoms with Crippen LogP contribution in [0, 0.1) is 0 Å². The Labute approximate surface area is 142 Å². The maximum Gasteiger partial charge on any atom is 0.387 e. The second-order valence-electron chi connectivity index (χ2n) is 6.13. The van der Waals surface area contributed by atoms with Crippen LogP contribution < -0.4 is 10.1 Å². The van der Waals surface area contributed by atoms with Crippen LogP contribution >= 0.6 is 0 Å². The number of nitrogens with zero attached hydrogens (tertiary/aromatic N) is 4. The first-order valence-corrected chi connectivity index (χ1v) is 8.14. The van der Waals surface area contributed by atoms with Gasteiger partial charge < -0.3 is 10.1 Å². The van der Waals surface area contributed by atoms with Crippen LogP contribution in [0.5, 0.6) is 5.75 Å². The summed E-state index contributed by atoms with van der Waals surface area (Å²) >= 11 is 0.